The Kier molecular flexibility index (Phi) is 3.14. The Hall–Kier alpha value is -3.92. The molecule has 0 aliphatic carbocycles. The normalized spacial score (nSPS) is 11.6. The first-order chi connectivity index (χ1) is 13.9. The smallest absolute Gasteiger partial charge is 0.0809 e. The standard InChI is InChI=1S/C24H13N4/c1-3-17-5-6-22(28-24(17)21-14-26-10-8-16(1)21)19-11-18-4-2-15-7-9-25-13-20(15)23(18)27-12-19/h1-4,6-14H. The van der Waals surface area contributed by atoms with E-state index in [4.69, 9.17) is 9.97 Å². The van der Waals surface area contributed by atoms with E-state index in [-0.39, 0.29) is 0 Å². The highest BCUT2D eigenvalue weighted by molar-refractivity contribution is 6.06. The lowest BCUT2D eigenvalue weighted by atomic mass is 10.0. The van der Waals surface area contributed by atoms with E-state index in [1.54, 1.807) is 12.4 Å². The topological polar surface area (TPSA) is 51.6 Å². The number of rotatable bonds is 1. The highest BCUT2D eigenvalue weighted by Gasteiger charge is 2.08. The molecular formula is C24H13N4. The van der Waals surface area contributed by atoms with Gasteiger partial charge in [-0.25, -0.2) is 4.98 Å². The van der Waals surface area contributed by atoms with Crippen molar-refractivity contribution in [1.82, 2.24) is 19.9 Å². The van der Waals surface area contributed by atoms with Crippen LogP contribution in [0.25, 0.3) is 54.6 Å². The van der Waals surface area contributed by atoms with Gasteiger partial charge in [-0.05, 0) is 41.1 Å². The number of pyridine rings is 4. The number of benzene rings is 2. The maximum absolute atomic E-state index is 4.92. The monoisotopic (exact) mass is 357 g/mol. The maximum atomic E-state index is 4.92. The van der Waals surface area contributed by atoms with Gasteiger partial charge in [0.25, 0.3) is 0 Å². The summed E-state index contributed by atoms with van der Waals surface area (Å²) in [5, 5.41) is 6.40. The second-order valence-corrected chi connectivity index (χ2v) is 6.80. The predicted molar refractivity (Wildman–Crippen MR) is 112 cm³/mol. The summed E-state index contributed by atoms with van der Waals surface area (Å²) >= 11 is 0. The van der Waals surface area contributed by atoms with E-state index in [2.05, 4.69) is 40.3 Å². The summed E-state index contributed by atoms with van der Waals surface area (Å²) in [5.74, 6) is 0. The van der Waals surface area contributed by atoms with Crippen molar-refractivity contribution in [1.29, 1.82) is 0 Å². The van der Waals surface area contributed by atoms with Crippen LogP contribution in [0.15, 0.2) is 79.5 Å². The van der Waals surface area contributed by atoms with E-state index < -0.39 is 0 Å². The molecule has 4 aromatic heterocycles. The number of hydrogen-bond donors (Lipinski definition) is 0. The quantitative estimate of drug-likeness (QED) is 0.372. The fourth-order valence-corrected chi connectivity index (χ4v) is 3.73. The largest absolute Gasteiger partial charge is 0.264 e. The van der Waals surface area contributed by atoms with Crippen LogP contribution in [0.2, 0.25) is 0 Å². The van der Waals surface area contributed by atoms with Gasteiger partial charge in [0, 0.05) is 58.1 Å². The van der Waals surface area contributed by atoms with Gasteiger partial charge in [-0.1, -0.05) is 24.3 Å². The van der Waals surface area contributed by atoms with Crippen molar-refractivity contribution < 1.29 is 0 Å². The van der Waals surface area contributed by atoms with Crippen LogP contribution in [0.5, 0.6) is 0 Å². The highest BCUT2D eigenvalue weighted by Crippen LogP contribution is 2.29. The van der Waals surface area contributed by atoms with Gasteiger partial charge >= 0.3 is 0 Å². The van der Waals surface area contributed by atoms with Gasteiger partial charge in [0.2, 0.25) is 0 Å². The fourth-order valence-electron chi connectivity index (χ4n) is 3.73. The highest BCUT2D eigenvalue weighted by atomic mass is 14.7. The molecular weight excluding hydrogens is 344 g/mol. The van der Waals surface area contributed by atoms with Crippen LogP contribution < -0.4 is 0 Å². The molecule has 0 spiro atoms. The van der Waals surface area contributed by atoms with Crippen LogP contribution in [0.3, 0.4) is 0 Å². The molecule has 0 aliphatic rings. The zero-order valence-electron chi connectivity index (χ0n) is 14.8. The Bertz CT molecular complexity index is 1520. The summed E-state index contributed by atoms with van der Waals surface area (Å²) in [5.41, 5.74) is 3.68. The molecule has 0 amide bonds. The van der Waals surface area contributed by atoms with Crippen molar-refractivity contribution in [2.75, 3.05) is 0 Å². The van der Waals surface area contributed by atoms with Crippen LogP contribution >= 0.6 is 0 Å². The molecule has 1 radical (unpaired) electrons. The molecule has 0 unspecified atom stereocenters. The van der Waals surface area contributed by atoms with E-state index in [0.29, 0.717) is 0 Å². The first kappa shape index (κ1) is 15.2. The van der Waals surface area contributed by atoms with Crippen molar-refractivity contribution in [2.45, 2.75) is 0 Å². The summed E-state index contributed by atoms with van der Waals surface area (Å²) in [6, 6.07) is 19.7. The van der Waals surface area contributed by atoms with Gasteiger partial charge in [-0.2, -0.15) is 0 Å². The van der Waals surface area contributed by atoms with Crippen molar-refractivity contribution in [2.24, 2.45) is 0 Å². The van der Waals surface area contributed by atoms with Crippen molar-refractivity contribution in [3.8, 4) is 11.3 Å². The molecule has 0 saturated carbocycles. The van der Waals surface area contributed by atoms with Gasteiger partial charge < -0.3 is 0 Å². The molecule has 0 saturated heterocycles. The Morgan fingerprint density at radius 1 is 0.679 bits per heavy atom. The molecule has 6 rings (SSSR count). The Morgan fingerprint density at radius 3 is 2.21 bits per heavy atom. The lowest BCUT2D eigenvalue weighted by molar-refractivity contribution is 1.34. The minimum atomic E-state index is 0.851. The SMILES string of the molecule is [c]1cc(-c2cnc3c(ccc4ccncc43)c2)nc2c1ccc1ccncc12. The molecule has 28 heavy (non-hydrogen) atoms. The van der Waals surface area contributed by atoms with Crippen molar-refractivity contribution in [3.63, 3.8) is 0 Å². The third-order valence-electron chi connectivity index (χ3n) is 5.16. The van der Waals surface area contributed by atoms with Crippen LogP contribution in [-0.2, 0) is 0 Å². The molecule has 0 aliphatic heterocycles. The molecule has 4 nitrogen and oxygen atoms in total. The van der Waals surface area contributed by atoms with Crippen LogP contribution in [-0.4, -0.2) is 19.9 Å². The Balaban J connectivity index is 1.59. The molecule has 6 aromatic rings. The summed E-state index contributed by atoms with van der Waals surface area (Å²) in [4.78, 5) is 18.1. The average molecular weight is 357 g/mol. The van der Waals surface area contributed by atoms with Crippen molar-refractivity contribution in [3.05, 3.63) is 85.6 Å². The molecule has 0 N–H and O–H groups in total. The lowest BCUT2D eigenvalue weighted by Gasteiger charge is -2.08. The second-order valence-electron chi connectivity index (χ2n) is 6.80. The van der Waals surface area contributed by atoms with Gasteiger partial charge in [-0.15, -0.1) is 0 Å². The third kappa shape index (κ3) is 2.25. The Labute approximate surface area is 160 Å². The van der Waals surface area contributed by atoms with Gasteiger partial charge in [0.15, 0.2) is 0 Å². The minimum Gasteiger partial charge on any atom is -0.264 e. The van der Waals surface area contributed by atoms with Gasteiger partial charge in [0.05, 0.1) is 16.7 Å². The number of aromatic nitrogens is 4. The Morgan fingerprint density at radius 2 is 1.39 bits per heavy atom. The molecule has 0 fully saturated rings. The van der Waals surface area contributed by atoms with Crippen LogP contribution in [0, 0.1) is 6.07 Å². The minimum absolute atomic E-state index is 0.851. The van der Waals surface area contributed by atoms with Crippen LogP contribution in [0.1, 0.15) is 0 Å². The number of fused-ring (bicyclic) bond motifs is 6. The van der Waals surface area contributed by atoms with E-state index in [0.717, 1.165) is 54.6 Å². The molecule has 4 heterocycles. The summed E-state index contributed by atoms with van der Waals surface area (Å²) in [6.45, 7) is 0. The zero-order valence-corrected chi connectivity index (χ0v) is 14.8. The summed E-state index contributed by atoms with van der Waals surface area (Å²) in [6.07, 6.45) is 9.20. The summed E-state index contributed by atoms with van der Waals surface area (Å²) in [7, 11) is 0. The van der Waals surface area contributed by atoms with Gasteiger partial charge in [0.1, 0.15) is 0 Å². The molecule has 129 valence electrons. The van der Waals surface area contributed by atoms with Crippen LogP contribution in [0.4, 0.5) is 0 Å². The van der Waals surface area contributed by atoms with E-state index in [9.17, 15) is 0 Å². The second kappa shape index (κ2) is 5.79. The molecule has 2 aromatic carbocycles. The maximum Gasteiger partial charge on any atom is 0.0809 e. The molecule has 0 bridgehead atoms. The zero-order chi connectivity index (χ0) is 18.5. The van der Waals surface area contributed by atoms with Gasteiger partial charge in [-0.3, -0.25) is 15.0 Å². The van der Waals surface area contributed by atoms with E-state index >= 15 is 0 Å². The first-order valence-electron chi connectivity index (χ1n) is 9.05. The fraction of sp³-hybridized carbons (Fsp3) is 0. The molecule has 4 heteroatoms. The molecule has 0 atom stereocenters. The predicted octanol–water partition coefficient (Wildman–Crippen LogP) is 5.35. The average Bonchev–Trinajstić information content (AvgIpc) is 2.78. The van der Waals surface area contributed by atoms with E-state index in [1.807, 2.05) is 42.9 Å². The lowest BCUT2D eigenvalue weighted by Crippen LogP contribution is -1.90. The van der Waals surface area contributed by atoms with Crippen molar-refractivity contribution >= 4 is 43.4 Å². The summed E-state index contributed by atoms with van der Waals surface area (Å²) < 4.78 is 0. The number of nitrogens with zero attached hydrogens (tertiary/aromatic N) is 4. The number of hydrogen-bond acceptors (Lipinski definition) is 4. The third-order valence-corrected chi connectivity index (χ3v) is 5.16. The first-order valence-corrected chi connectivity index (χ1v) is 9.05. The van der Waals surface area contributed by atoms with E-state index in [1.165, 1.54) is 0 Å².